The van der Waals surface area contributed by atoms with Gasteiger partial charge in [0.1, 0.15) is 11.8 Å². The number of piperidine rings is 1. The lowest BCUT2D eigenvalue weighted by molar-refractivity contribution is -0.274. The molecule has 1 aromatic rings. The van der Waals surface area contributed by atoms with Crippen molar-refractivity contribution in [3.63, 3.8) is 0 Å². The minimum atomic E-state index is -4.68. The number of alkyl halides is 3. The molecule has 138 valence electrons. The molecular weight excluding hydrogens is 337 g/mol. The molecular formula is C16H21F3N4O2. The predicted octanol–water partition coefficient (Wildman–Crippen LogP) is 0.998. The lowest BCUT2D eigenvalue weighted by atomic mass is 9.88. The number of rotatable bonds is 4. The van der Waals surface area contributed by atoms with Gasteiger partial charge in [0.05, 0.1) is 0 Å². The fourth-order valence-corrected chi connectivity index (χ4v) is 3.49. The average molecular weight is 358 g/mol. The number of likely N-dealkylation sites (N-methyl/N-ethyl adjacent to an activating group) is 1. The molecule has 1 aromatic carbocycles. The number of benzene rings is 1. The maximum Gasteiger partial charge on any atom is 0.573 e. The van der Waals surface area contributed by atoms with Gasteiger partial charge in [-0.05, 0) is 24.1 Å². The number of hydrogen-bond acceptors (Lipinski definition) is 5. The third kappa shape index (κ3) is 4.42. The third-order valence-corrected chi connectivity index (χ3v) is 4.69. The zero-order valence-corrected chi connectivity index (χ0v) is 13.8. The highest BCUT2D eigenvalue weighted by Gasteiger charge is 2.42. The summed E-state index contributed by atoms with van der Waals surface area (Å²) in [5.41, 5.74) is 7.13. The molecule has 2 aliphatic heterocycles. The molecule has 0 aromatic heterocycles. The van der Waals surface area contributed by atoms with Crippen molar-refractivity contribution in [1.82, 2.24) is 21.1 Å². The van der Waals surface area contributed by atoms with Crippen LogP contribution in [-0.2, 0) is 11.3 Å². The van der Waals surface area contributed by atoms with E-state index in [9.17, 15) is 18.0 Å². The molecule has 2 aliphatic rings. The normalized spacial score (nSPS) is 27.0. The van der Waals surface area contributed by atoms with Gasteiger partial charge in [-0.25, -0.2) is 5.43 Å². The molecule has 2 saturated heterocycles. The van der Waals surface area contributed by atoms with Gasteiger partial charge >= 0.3 is 6.36 Å². The Morgan fingerprint density at radius 1 is 1.32 bits per heavy atom. The fraction of sp³-hybridized carbons (Fsp3) is 0.562. The molecule has 3 atom stereocenters. The predicted molar refractivity (Wildman–Crippen MR) is 84.4 cm³/mol. The van der Waals surface area contributed by atoms with E-state index in [0.717, 1.165) is 25.1 Å². The van der Waals surface area contributed by atoms with E-state index in [1.165, 1.54) is 12.1 Å². The summed E-state index contributed by atoms with van der Waals surface area (Å²) < 4.78 is 40.5. The number of hydrazine groups is 1. The quantitative estimate of drug-likeness (QED) is 0.749. The molecule has 2 heterocycles. The second kappa shape index (κ2) is 7.19. The molecule has 0 bridgehead atoms. The van der Waals surface area contributed by atoms with Crippen molar-refractivity contribution >= 4 is 5.91 Å². The minimum absolute atomic E-state index is 0.0458. The zero-order valence-electron chi connectivity index (χ0n) is 13.8. The molecule has 0 saturated carbocycles. The number of nitrogens with zero attached hydrogens (tertiary/aromatic N) is 1. The highest BCUT2D eigenvalue weighted by atomic mass is 19.4. The Bertz CT molecular complexity index is 608. The summed E-state index contributed by atoms with van der Waals surface area (Å²) in [6.07, 6.45) is -3.78. The number of carbonyl (C=O) groups excluding carboxylic acids is 1. The van der Waals surface area contributed by atoms with Gasteiger partial charge in [-0.3, -0.25) is 15.1 Å². The number of carbonyl (C=O) groups is 1. The lowest BCUT2D eigenvalue weighted by Gasteiger charge is -2.35. The Kier molecular flexibility index (Phi) is 5.16. The van der Waals surface area contributed by atoms with E-state index in [1.807, 2.05) is 0 Å². The molecule has 3 rings (SSSR count). The van der Waals surface area contributed by atoms with Gasteiger partial charge < -0.3 is 10.1 Å². The standard InChI is InChI=1S/C16H21F3N4O2/c1-20-15(24)14-12-9-23(7-6-13(12)21-22-14)8-10-2-4-11(5-3-10)25-16(17,18)19/h2-5,12-14,21-22H,6-9H2,1H3,(H,20,24). The van der Waals surface area contributed by atoms with Crippen LogP contribution in [0.2, 0.25) is 0 Å². The van der Waals surface area contributed by atoms with Crippen molar-refractivity contribution in [2.45, 2.75) is 31.4 Å². The Morgan fingerprint density at radius 2 is 2.04 bits per heavy atom. The molecule has 3 unspecified atom stereocenters. The molecule has 3 N–H and O–H groups in total. The first-order valence-corrected chi connectivity index (χ1v) is 8.15. The van der Waals surface area contributed by atoms with Crippen LogP contribution in [0, 0.1) is 5.92 Å². The second-order valence-corrected chi connectivity index (χ2v) is 6.37. The monoisotopic (exact) mass is 358 g/mol. The number of hydrogen-bond donors (Lipinski definition) is 3. The van der Waals surface area contributed by atoms with Crippen molar-refractivity contribution in [2.75, 3.05) is 20.1 Å². The zero-order chi connectivity index (χ0) is 18.0. The Morgan fingerprint density at radius 3 is 2.68 bits per heavy atom. The van der Waals surface area contributed by atoms with Gasteiger partial charge in [0.2, 0.25) is 5.91 Å². The fourth-order valence-electron chi connectivity index (χ4n) is 3.49. The van der Waals surface area contributed by atoms with Crippen LogP contribution in [0.3, 0.4) is 0 Å². The summed E-state index contributed by atoms with van der Waals surface area (Å²) in [6.45, 7) is 2.22. The topological polar surface area (TPSA) is 65.6 Å². The van der Waals surface area contributed by atoms with Crippen LogP contribution in [0.15, 0.2) is 24.3 Å². The second-order valence-electron chi connectivity index (χ2n) is 6.37. The van der Waals surface area contributed by atoms with Gasteiger partial charge in [-0.1, -0.05) is 12.1 Å². The van der Waals surface area contributed by atoms with Crippen LogP contribution in [0.5, 0.6) is 5.75 Å². The molecule has 25 heavy (non-hydrogen) atoms. The van der Waals surface area contributed by atoms with Crippen LogP contribution < -0.4 is 20.9 Å². The van der Waals surface area contributed by atoms with E-state index in [0.29, 0.717) is 6.54 Å². The summed E-state index contributed by atoms with van der Waals surface area (Å²) in [5.74, 6) is -0.115. The van der Waals surface area contributed by atoms with Gasteiger partial charge in [0.25, 0.3) is 0 Å². The first kappa shape index (κ1) is 18.0. The van der Waals surface area contributed by atoms with E-state index in [-0.39, 0.29) is 29.7 Å². The number of amides is 1. The van der Waals surface area contributed by atoms with Crippen molar-refractivity contribution in [3.05, 3.63) is 29.8 Å². The van der Waals surface area contributed by atoms with Crippen LogP contribution in [-0.4, -0.2) is 49.4 Å². The highest BCUT2D eigenvalue weighted by molar-refractivity contribution is 5.82. The lowest BCUT2D eigenvalue weighted by Crippen LogP contribution is -2.49. The third-order valence-electron chi connectivity index (χ3n) is 4.69. The van der Waals surface area contributed by atoms with E-state index in [1.54, 1.807) is 19.2 Å². The molecule has 6 nitrogen and oxygen atoms in total. The maximum atomic E-state index is 12.2. The van der Waals surface area contributed by atoms with E-state index in [4.69, 9.17) is 0 Å². The molecule has 0 spiro atoms. The Labute approximate surface area is 143 Å². The van der Waals surface area contributed by atoms with Gasteiger partial charge in [-0.15, -0.1) is 13.2 Å². The number of likely N-dealkylation sites (tertiary alicyclic amines) is 1. The number of nitrogens with one attached hydrogen (secondary N) is 3. The number of fused-ring (bicyclic) bond motifs is 1. The number of halogens is 3. The van der Waals surface area contributed by atoms with Crippen LogP contribution >= 0.6 is 0 Å². The summed E-state index contributed by atoms with van der Waals surface area (Å²) in [5, 5.41) is 2.66. The van der Waals surface area contributed by atoms with Gasteiger partial charge in [0.15, 0.2) is 0 Å². The summed E-state index contributed by atoms with van der Waals surface area (Å²) in [4.78, 5) is 14.2. The first-order valence-electron chi connectivity index (χ1n) is 8.15. The first-order chi connectivity index (χ1) is 11.9. The van der Waals surface area contributed by atoms with Crippen LogP contribution in [0.25, 0.3) is 0 Å². The van der Waals surface area contributed by atoms with Crippen LogP contribution in [0.4, 0.5) is 13.2 Å². The van der Waals surface area contributed by atoms with Crippen molar-refractivity contribution in [3.8, 4) is 5.75 Å². The summed E-state index contributed by atoms with van der Waals surface area (Å²) in [7, 11) is 1.61. The molecule has 0 radical (unpaired) electrons. The van der Waals surface area contributed by atoms with Crippen LogP contribution in [0.1, 0.15) is 12.0 Å². The van der Waals surface area contributed by atoms with Crippen molar-refractivity contribution in [1.29, 1.82) is 0 Å². The minimum Gasteiger partial charge on any atom is -0.406 e. The molecule has 2 fully saturated rings. The maximum absolute atomic E-state index is 12.2. The van der Waals surface area contributed by atoms with E-state index in [2.05, 4.69) is 25.8 Å². The average Bonchev–Trinajstić information content (AvgIpc) is 2.98. The van der Waals surface area contributed by atoms with Gasteiger partial charge in [-0.2, -0.15) is 0 Å². The SMILES string of the molecule is CNC(=O)C1NNC2CCN(Cc3ccc(OC(F)(F)F)cc3)CC21. The van der Waals surface area contributed by atoms with Crippen molar-refractivity contribution < 1.29 is 22.7 Å². The highest BCUT2D eigenvalue weighted by Crippen LogP contribution is 2.27. The number of ether oxygens (including phenoxy) is 1. The molecule has 1 amide bonds. The Balaban J connectivity index is 1.59. The largest absolute Gasteiger partial charge is 0.573 e. The van der Waals surface area contributed by atoms with Crippen molar-refractivity contribution in [2.24, 2.45) is 5.92 Å². The summed E-state index contributed by atoms with van der Waals surface area (Å²) in [6, 6.07) is 5.88. The van der Waals surface area contributed by atoms with Gasteiger partial charge in [0, 0.05) is 38.6 Å². The van der Waals surface area contributed by atoms with E-state index < -0.39 is 6.36 Å². The van der Waals surface area contributed by atoms with E-state index >= 15 is 0 Å². The molecule has 0 aliphatic carbocycles. The smallest absolute Gasteiger partial charge is 0.406 e. The Hall–Kier alpha value is -1.84. The molecule has 9 heteroatoms. The summed E-state index contributed by atoms with van der Waals surface area (Å²) >= 11 is 0.